The standard InChI is InChI=1S/C16H21N3O/c20-14-7-5-12(6-8-14)9-17-10-13-11-18-15-3-1-2-4-16(15)19-13/h1-4,11-12,14,17,20H,5-10H2. The minimum Gasteiger partial charge on any atom is -0.393 e. The second kappa shape index (κ2) is 6.29. The van der Waals surface area contributed by atoms with Gasteiger partial charge >= 0.3 is 0 Å². The van der Waals surface area contributed by atoms with E-state index in [-0.39, 0.29) is 6.10 Å². The van der Waals surface area contributed by atoms with Crippen molar-refractivity contribution < 1.29 is 5.11 Å². The van der Waals surface area contributed by atoms with Crippen molar-refractivity contribution in [1.82, 2.24) is 15.3 Å². The molecular formula is C16H21N3O. The van der Waals surface area contributed by atoms with E-state index in [0.717, 1.165) is 55.5 Å². The van der Waals surface area contributed by atoms with Crippen LogP contribution < -0.4 is 5.32 Å². The number of aliphatic hydroxyl groups excluding tert-OH is 1. The van der Waals surface area contributed by atoms with Gasteiger partial charge in [-0.15, -0.1) is 0 Å². The number of aliphatic hydroxyl groups is 1. The average molecular weight is 271 g/mol. The summed E-state index contributed by atoms with van der Waals surface area (Å²) in [6, 6.07) is 7.94. The van der Waals surface area contributed by atoms with Gasteiger partial charge in [-0.1, -0.05) is 12.1 Å². The predicted molar refractivity (Wildman–Crippen MR) is 79.2 cm³/mol. The summed E-state index contributed by atoms with van der Waals surface area (Å²) >= 11 is 0. The van der Waals surface area contributed by atoms with Crippen molar-refractivity contribution in [2.75, 3.05) is 6.54 Å². The van der Waals surface area contributed by atoms with Crippen LogP contribution in [0.3, 0.4) is 0 Å². The summed E-state index contributed by atoms with van der Waals surface area (Å²) in [6.07, 6.45) is 5.91. The van der Waals surface area contributed by atoms with Gasteiger partial charge in [-0.05, 0) is 50.3 Å². The molecule has 0 atom stereocenters. The number of nitrogens with zero attached hydrogens (tertiary/aromatic N) is 2. The van der Waals surface area contributed by atoms with Crippen molar-refractivity contribution in [2.24, 2.45) is 5.92 Å². The number of nitrogens with one attached hydrogen (secondary N) is 1. The molecule has 20 heavy (non-hydrogen) atoms. The van der Waals surface area contributed by atoms with Crippen LogP contribution in [0.5, 0.6) is 0 Å². The molecule has 1 fully saturated rings. The van der Waals surface area contributed by atoms with Crippen LogP contribution in [0.1, 0.15) is 31.4 Å². The van der Waals surface area contributed by atoms with Gasteiger partial charge in [-0.25, -0.2) is 4.98 Å². The third-order valence-electron chi connectivity index (χ3n) is 4.05. The Morgan fingerprint density at radius 2 is 1.85 bits per heavy atom. The second-order valence-corrected chi connectivity index (χ2v) is 5.66. The summed E-state index contributed by atoms with van der Waals surface area (Å²) in [5.74, 6) is 0.687. The Kier molecular flexibility index (Phi) is 4.23. The van der Waals surface area contributed by atoms with Gasteiger partial charge < -0.3 is 10.4 Å². The molecule has 0 radical (unpaired) electrons. The average Bonchev–Trinajstić information content (AvgIpc) is 2.49. The van der Waals surface area contributed by atoms with E-state index in [4.69, 9.17) is 0 Å². The molecule has 2 N–H and O–H groups in total. The summed E-state index contributed by atoms with van der Waals surface area (Å²) in [7, 11) is 0. The highest BCUT2D eigenvalue weighted by Crippen LogP contribution is 2.23. The maximum atomic E-state index is 9.49. The largest absolute Gasteiger partial charge is 0.393 e. The quantitative estimate of drug-likeness (QED) is 0.895. The number of hydrogen-bond donors (Lipinski definition) is 2. The van der Waals surface area contributed by atoms with Crippen molar-refractivity contribution in [2.45, 2.75) is 38.3 Å². The lowest BCUT2D eigenvalue weighted by Gasteiger charge is -2.25. The van der Waals surface area contributed by atoms with Crippen LogP contribution in [0.2, 0.25) is 0 Å². The first-order valence-electron chi connectivity index (χ1n) is 7.41. The Balaban J connectivity index is 1.52. The Morgan fingerprint density at radius 3 is 2.65 bits per heavy atom. The SMILES string of the molecule is OC1CCC(CNCc2cnc3ccccc3n2)CC1. The van der Waals surface area contributed by atoms with E-state index in [0.29, 0.717) is 5.92 Å². The Morgan fingerprint density at radius 1 is 1.10 bits per heavy atom. The Labute approximate surface area is 119 Å². The molecule has 0 unspecified atom stereocenters. The molecule has 1 aromatic heterocycles. The number of aromatic nitrogens is 2. The molecule has 4 heteroatoms. The van der Waals surface area contributed by atoms with Gasteiger partial charge in [0.1, 0.15) is 0 Å². The Hall–Kier alpha value is -1.52. The van der Waals surface area contributed by atoms with E-state index >= 15 is 0 Å². The monoisotopic (exact) mass is 271 g/mol. The smallest absolute Gasteiger partial charge is 0.0890 e. The molecule has 1 aliphatic rings. The van der Waals surface area contributed by atoms with Gasteiger partial charge in [0.25, 0.3) is 0 Å². The lowest BCUT2D eigenvalue weighted by molar-refractivity contribution is 0.108. The molecule has 1 heterocycles. The molecule has 1 aliphatic carbocycles. The van der Waals surface area contributed by atoms with Gasteiger partial charge in [0.05, 0.1) is 29.0 Å². The molecule has 4 nitrogen and oxygen atoms in total. The van der Waals surface area contributed by atoms with Gasteiger partial charge in [0.2, 0.25) is 0 Å². The van der Waals surface area contributed by atoms with Crippen LogP contribution in [0.4, 0.5) is 0 Å². The number of rotatable bonds is 4. The van der Waals surface area contributed by atoms with Crippen LogP contribution >= 0.6 is 0 Å². The minimum absolute atomic E-state index is 0.0717. The topological polar surface area (TPSA) is 58.0 Å². The first-order valence-corrected chi connectivity index (χ1v) is 7.41. The highest BCUT2D eigenvalue weighted by Gasteiger charge is 2.18. The van der Waals surface area contributed by atoms with E-state index in [1.807, 2.05) is 30.5 Å². The van der Waals surface area contributed by atoms with E-state index in [1.165, 1.54) is 0 Å². The number of para-hydroxylation sites is 2. The number of fused-ring (bicyclic) bond motifs is 1. The van der Waals surface area contributed by atoms with Crippen molar-refractivity contribution in [3.05, 3.63) is 36.2 Å². The predicted octanol–water partition coefficient (Wildman–Crippen LogP) is 2.27. The van der Waals surface area contributed by atoms with Gasteiger partial charge in [0, 0.05) is 6.54 Å². The highest BCUT2D eigenvalue weighted by atomic mass is 16.3. The molecule has 1 saturated carbocycles. The summed E-state index contributed by atoms with van der Waals surface area (Å²) in [5.41, 5.74) is 2.88. The van der Waals surface area contributed by atoms with E-state index in [9.17, 15) is 5.11 Å². The third-order valence-corrected chi connectivity index (χ3v) is 4.05. The molecule has 0 bridgehead atoms. The van der Waals surface area contributed by atoms with Crippen LogP contribution in [0, 0.1) is 5.92 Å². The molecular weight excluding hydrogens is 250 g/mol. The van der Waals surface area contributed by atoms with E-state index in [1.54, 1.807) is 0 Å². The van der Waals surface area contributed by atoms with Crippen LogP contribution in [0.15, 0.2) is 30.5 Å². The fourth-order valence-corrected chi connectivity index (χ4v) is 2.83. The third kappa shape index (κ3) is 3.32. The lowest BCUT2D eigenvalue weighted by atomic mass is 9.87. The minimum atomic E-state index is -0.0717. The molecule has 3 rings (SSSR count). The number of hydrogen-bond acceptors (Lipinski definition) is 4. The van der Waals surface area contributed by atoms with Crippen molar-refractivity contribution >= 4 is 11.0 Å². The Bertz CT molecular complexity index is 564. The molecule has 0 aliphatic heterocycles. The zero-order chi connectivity index (χ0) is 13.8. The fourth-order valence-electron chi connectivity index (χ4n) is 2.83. The van der Waals surface area contributed by atoms with Crippen LogP contribution in [0.25, 0.3) is 11.0 Å². The molecule has 106 valence electrons. The molecule has 0 spiro atoms. The van der Waals surface area contributed by atoms with Gasteiger partial charge in [-0.2, -0.15) is 0 Å². The zero-order valence-electron chi connectivity index (χ0n) is 11.6. The summed E-state index contributed by atoms with van der Waals surface area (Å²) in [6.45, 7) is 1.76. The van der Waals surface area contributed by atoms with Crippen molar-refractivity contribution in [1.29, 1.82) is 0 Å². The first-order chi connectivity index (χ1) is 9.81. The normalized spacial score (nSPS) is 23.1. The van der Waals surface area contributed by atoms with Crippen LogP contribution in [-0.4, -0.2) is 27.7 Å². The summed E-state index contributed by atoms with van der Waals surface area (Å²) in [5, 5.41) is 13.0. The first kappa shape index (κ1) is 13.5. The summed E-state index contributed by atoms with van der Waals surface area (Å²) in [4.78, 5) is 9.03. The maximum absolute atomic E-state index is 9.49. The van der Waals surface area contributed by atoms with E-state index < -0.39 is 0 Å². The highest BCUT2D eigenvalue weighted by molar-refractivity contribution is 5.73. The zero-order valence-corrected chi connectivity index (χ0v) is 11.6. The molecule has 0 amide bonds. The molecule has 1 aromatic carbocycles. The van der Waals surface area contributed by atoms with Crippen molar-refractivity contribution in [3.8, 4) is 0 Å². The summed E-state index contributed by atoms with van der Waals surface area (Å²) < 4.78 is 0. The maximum Gasteiger partial charge on any atom is 0.0890 e. The second-order valence-electron chi connectivity index (χ2n) is 5.66. The molecule has 0 saturated heterocycles. The lowest BCUT2D eigenvalue weighted by Crippen LogP contribution is -2.28. The fraction of sp³-hybridized carbons (Fsp3) is 0.500. The van der Waals surface area contributed by atoms with Crippen LogP contribution in [-0.2, 0) is 6.54 Å². The van der Waals surface area contributed by atoms with Gasteiger partial charge in [0.15, 0.2) is 0 Å². The molecule has 2 aromatic rings. The van der Waals surface area contributed by atoms with Gasteiger partial charge in [-0.3, -0.25) is 4.98 Å². The van der Waals surface area contributed by atoms with Crippen molar-refractivity contribution in [3.63, 3.8) is 0 Å². The van der Waals surface area contributed by atoms with E-state index in [2.05, 4.69) is 15.3 Å². The number of benzene rings is 1.